The number of epoxide rings is 1. The Kier molecular flexibility index (Phi) is 1.89. The van der Waals surface area contributed by atoms with Gasteiger partial charge in [0.05, 0.1) is 18.6 Å². The van der Waals surface area contributed by atoms with Gasteiger partial charge in [-0.3, -0.25) is 0 Å². The molecule has 1 aromatic carbocycles. The highest BCUT2D eigenvalue weighted by Crippen LogP contribution is 2.35. The lowest BCUT2D eigenvalue weighted by atomic mass is 9.98. The van der Waals surface area contributed by atoms with Gasteiger partial charge in [-0.15, -0.1) is 0 Å². The molecule has 4 nitrogen and oxygen atoms in total. The third-order valence-corrected chi connectivity index (χ3v) is 3.95. The van der Waals surface area contributed by atoms with Crippen LogP contribution in [0.15, 0.2) is 24.3 Å². The van der Waals surface area contributed by atoms with Crippen molar-refractivity contribution < 1.29 is 18.9 Å². The zero-order chi connectivity index (χ0) is 12.3. The zero-order valence-corrected chi connectivity index (χ0v) is 9.76. The summed E-state index contributed by atoms with van der Waals surface area (Å²) in [5.41, 5.74) is 1.96. The van der Waals surface area contributed by atoms with Crippen molar-refractivity contribution in [3.05, 3.63) is 35.4 Å². The molecule has 2 amide bonds. The zero-order valence-electron chi connectivity index (χ0n) is 9.76. The molecule has 2 aliphatic heterocycles. The molecule has 2 atom stereocenters. The summed E-state index contributed by atoms with van der Waals surface area (Å²) in [5.74, 6) is -0.352. The number of ether oxygens (including phenoxy) is 1. The van der Waals surface area contributed by atoms with Crippen LogP contribution in [0.4, 0.5) is 0 Å². The summed E-state index contributed by atoms with van der Waals surface area (Å²) in [7, 11) is 0. The second-order valence-electron chi connectivity index (χ2n) is 5.01. The molecule has 90 valence electrons. The van der Waals surface area contributed by atoms with Gasteiger partial charge in [-0.2, -0.15) is 0 Å². The third-order valence-electron chi connectivity index (χ3n) is 3.95. The SMILES string of the molecule is O=C1c2ccccc2C(=O)[N+]1=C1CC[C@@H]2O[C@@H]2C1. The van der Waals surface area contributed by atoms with Gasteiger partial charge in [-0.05, 0) is 18.6 Å². The maximum absolute atomic E-state index is 12.3. The van der Waals surface area contributed by atoms with E-state index in [9.17, 15) is 9.59 Å². The van der Waals surface area contributed by atoms with Crippen LogP contribution >= 0.6 is 0 Å². The molecule has 2 fully saturated rings. The summed E-state index contributed by atoms with van der Waals surface area (Å²) in [4.78, 5) is 24.5. The van der Waals surface area contributed by atoms with Crippen LogP contribution in [0.3, 0.4) is 0 Å². The molecule has 0 radical (unpaired) electrons. The number of imide groups is 1. The van der Waals surface area contributed by atoms with Crippen molar-refractivity contribution in [2.75, 3.05) is 0 Å². The lowest BCUT2D eigenvalue weighted by Crippen LogP contribution is -2.30. The Morgan fingerprint density at radius 3 is 2.33 bits per heavy atom. The van der Waals surface area contributed by atoms with Gasteiger partial charge in [0.2, 0.25) is 0 Å². The number of amides is 2. The van der Waals surface area contributed by atoms with Gasteiger partial charge >= 0.3 is 11.8 Å². The predicted molar refractivity (Wildman–Crippen MR) is 62.9 cm³/mol. The average Bonchev–Trinajstić information content (AvgIpc) is 3.12. The van der Waals surface area contributed by atoms with E-state index in [2.05, 4.69) is 0 Å². The van der Waals surface area contributed by atoms with E-state index in [1.807, 2.05) is 0 Å². The third kappa shape index (κ3) is 1.26. The van der Waals surface area contributed by atoms with Gasteiger partial charge < -0.3 is 4.74 Å². The molecule has 0 N–H and O–H groups in total. The molecule has 1 saturated carbocycles. The minimum atomic E-state index is -0.176. The van der Waals surface area contributed by atoms with Crippen molar-refractivity contribution in [1.82, 2.24) is 0 Å². The molecule has 4 rings (SSSR count). The molecule has 2 heterocycles. The van der Waals surface area contributed by atoms with E-state index in [1.54, 1.807) is 24.3 Å². The molecule has 1 aliphatic carbocycles. The molecule has 3 aliphatic rings. The van der Waals surface area contributed by atoms with Gasteiger partial charge in [0.1, 0.15) is 11.1 Å². The fourth-order valence-corrected chi connectivity index (χ4v) is 2.94. The number of rotatable bonds is 0. The Labute approximate surface area is 104 Å². The first kappa shape index (κ1) is 10.1. The highest BCUT2D eigenvalue weighted by atomic mass is 16.6. The van der Waals surface area contributed by atoms with Crippen molar-refractivity contribution in [2.24, 2.45) is 0 Å². The van der Waals surface area contributed by atoms with Crippen LogP contribution in [0, 0.1) is 0 Å². The lowest BCUT2D eigenvalue weighted by molar-refractivity contribution is -0.326. The Morgan fingerprint density at radius 2 is 1.72 bits per heavy atom. The van der Waals surface area contributed by atoms with Crippen molar-refractivity contribution in [3.8, 4) is 0 Å². The van der Waals surface area contributed by atoms with E-state index in [0.717, 1.165) is 25.0 Å². The molecule has 4 heteroatoms. The molecule has 18 heavy (non-hydrogen) atoms. The van der Waals surface area contributed by atoms with E-state index < -0.39 is 0 Å². The smallest absolute Gasteiger partial charge is 0.369 e. The van der Waals surface area contributed by atoms with Crippen LogP contribution in [-0.2, 0) is 4.74 Å². The largest absolute Gasteiger partial charge is 0.428 e. The molecule has 1 aromatic rings. The normalized spacial score (nSPS) is 29.3. The summed E-state index contributed by atoms with van der Waals surface area (Å²) >= 11 is 0. The van der Waals surface area contributed by atoms with E-state index >= 15 is 0 Å². The molecule has 0 unspecified atom stereocenters. The molecular weight excluding hydrogens is 230 g/mol. The molecular formula is C14H12NO3+. The van der Waals surface area contributed by atoms with Crippen molar-refractivity contribution in [3.63, 3.8) is 0 Å². The first-order valence-electron chi connectivity index (χ1n) is 6.23. The number of hydrogen-bond donors (Lipinski definition) is 0. The minimum absolute atomic E-state index is 0.176. The summed E-state index contributed by atoms with van der Waals surface area (Å²) < 4.78 is 6.81. The van der Waals surface area contributed by atoms with Crippen LogP contribution in [0.1, 0.15) is 40.0 Å². The first-order valence-corrected chi connectivity index (χ1v) is 6.23. The van der Waals surface area contributed by atoms with E-state index in [1.165, 1.54) is 4.58 Å². The van der Waals surface area contributed by atoms with Crippen molar-refractivity contribution in [1.29, 1.82) is 0 Å². The topological polar surface area (TPSA) is 49.7 Å². The number of benzene rings is 1. The summed E-state index contributed by atoms with van der Waals surface area (Å²) in [6, 6.07) is 7.02. The van der Waals surface area contributed by atoms with E-state index in [-0.39, 0.29) is 17.9 Å². The fraction of sp³-hybridized carbons (Fsp3) is 0.357. The highest BCUT2D eigenvalue weighted by Gasteiger charge is 2.50. The van der Waals surface area contributed by atoms with E-state index in [4.69, 9.17) is 4.74 Å². The van der Waals surface area contributed by atoms with Gasteiger partial charge in [0.25, 0.3) is 0 Å². The molecule has 1 saturated heterocycles. The van der Waals surface area contributed by atoms with Crippen molar-refractivity contribution >= 4 is 17.5 Å². The Morgan fingerprint density at radius 1 is 1.06 bits per heavy atom. The minimum Gasteiger partial charge on any atom is -0.369 e. The average molecular weight is 242 g/mol. The van der Waals surface area contributed by atoms with Crippen molar-refractivity contribution in [2.45, 2.75) is 31.5 Å². The van der Waals surface area contributed by atoms with Gasteiger partial charge in [-0.1, -0.05) is 16.7 Å². The molecule has 0 spiro atoms. The van der Waals surface area contributed by atoms with Crippen LogP contribution in [0.2, 0.25) is 0 Å². The summed E-state index contributed by atoms with van der Waals surface area (Å²) in [5, 5.41) is 0. The van der Waals surface area contributed by atoms with Gasteiger partial charge in [0.15, 0.2) is 5.71 Å². The van der Waals surface area contributed by atoms with Gasteiger partial charge in [0, 0.05) is 6.42 Å². The number of carbonyl (C=O) groups is 2. The first-order chi connectivity index (χ1) is 8.75. The lowest BCUT2D eigenvalue weighted by Gasteiger charge is -2.05. The monoisotopic (exact) mass is 242 g/mol. The number of fused-ring (bicyclic) bond motifs is 2. The summed E-state index contributed by atoms with van der Waals surface area (Å²) in [6.45, 7) is 0. The molecule has 0 bridgehead atoms. The van der Waals surface area contributed by atoms with Crippen LogP contribution in [-0.4, -0.2) is 34.3 Å². The predicted octanol–water partition coefficient (Wildman–Crippen LogP) is 1.39. The quantitative estimate of drug-likeness (QED) is 0.392. The second kappa shape index (κ2) is 3.36. The fourth-order valence-electron chi connectivity index (χ4n) is 2.94. The summed E-state index contributed by atoms with van der Waals surface area (Å²) in [6.07, 6.45) is 3.03. The molecule has 0 aromatic heterocycles. The number of hydrogen-bond acceptors (Lipinski definition) is 3. The van der Waals surface area contributed by atoms with Gasteiger partial charge in [-0.25, -0.2) is 9.59 Å². The number of carbonyl (C=O) groups excluding carboxylic acids is 2. The van der Waals surface area contributed by atoms with Crippen LogP contribution in [0.25, 0.3) is 0 Å². The van der Waals surface area contributed by atoms with Crippen LogP contribution < -0.4 is 0 Å². The van der Waals surface area contributed by atoms with Crippen LogP contribution in [0.5, 0.6) is 0 Å². The highest BCUT2D eigenvalue weighted by molar-refractivity contribution is 6.15. The Bertz CT molecular complexity index is 580. The Hall–Kier alpha value is -1.81. The Balaban J connectivity index is 1.82. The maximum atomic E-state index is 12.3. The second-order valence-corrected chi connectivity index (χ2v) is 5.01. The van der Waals surface area contributed by atoms with E-state index in [0.29, 0.717) is 17.2 Å². The standard InChI is InChI=1S/C14H12NO3/c16-13-9-3-1-2-4-10(9)14(17)15(13)8-5-6-11-12(7-8)18-11/h1-4,11-12H,5-7H2/q+1/t11-,12+/m0/s1. The maximum Gasteiger partial charge on any atom is 0.428 e. The number of nitrogens with zero attached hydrogens (tertiary/aromatic N) is 1.